The van der Waals surface area contributed by atoms with E-state index in [1.54, 1.807) is 13.0 Å². The molecule has 5 rings (SSSR count). The average molecular weight is 430 g/mol. The third-order valence-electron chi connectivity index (χ3n) is 6.29. The first-order chi connectivity index (χ1) is 14.7. The number of benzene rings is 3. The fourth-order valence-electron chi connectivity index (χ4n) is 4.63. The Morgan fingerprint density at radius 3 is 2.52 bits per heavy atom. The minimum atomic E-state index is -1.25. The number of alkyl halides is 1. The van der Waals surface area contributed by atoms with Crippen LogP contribution in [0.3, 0.4) is 0 Å². The number of fused-ring (bicyclic) bond motifs is 3. The molecule has 3 atom stereocenters. The number of rotatable bonds is 2. The van der Waals surface area contributed by atoms with Crippen LogP contribution in [0, 0.1) is 17.5 Å². The number of anilines is 1. The summed E-state index contributed by atoms with van der Waals surface area (Å²) in [5.41, 5.74) is 6.78. The number of hydrogen-bond donors (Lipinski definition) is 1. The fraction of sp³-hybridized carbons (Fsp3) is 0.333. The van der Waals surface area contributed by atoms with Crippen LogP contribution in [0.25, 0.3) is 10.8 Å². The molecule has 0 aromatic heterocycles. The van der Waals surface area contributed by atoms with Crippen LogP contribution in [0.5, 0.6) is 5.75 Å². The first kappa shape index (κ1) is 20.1. The highest BCUT2D eigenvalue weighted by Crippen LogP contribution is 2.41. The van der Waals surface area contributed by atoms with E-state index in [2.05, 4.69) is 0 Å². The van der Waals surface area contributed by atoms with E-state index in [-0.39, 0.29) is 5.56 Å². The van der Waals surface area contributed by atoms with Gasteiger partial charge in [-0.3, -0.25) is 0 Å². The summed E-state index contributed by atoms with van der Waals surface area (Å²) in [5.74, 6) is -2.77. The van der Waals surface area contributed by atoms with Gasteiger partial charge < -0.3 is 15.4 Å². The zero-order chi connectivity index (χ0) is 21.9. The monoisotopic (exact) mass is 430 g/mol. The molecule has 0 radical (unpaired) electrons. The maximum atomic E-state index is 14.3. The number of nitrogens with two attached hydrogens (primary N) is 1. The molecule has 0 spiro atoms. The second-order valence-corrected chi connectivity index (χ2v) is 8.73. The molecule has 0 bridgehead atoms. The maximum absolute atomic E-state index is 14.3. The first-order valence-electron chi connectivity index (χ1n) is 10.3. The predicted octanol–water partition coefficient (Wildman–Crippen LogP) is 5.20. The maximum Gasteiger partial charge on any atom is 0.161 e. The molecule has 162 valence electrons. The van der Waals surface area contributed by atoms with Gasteiger partial charge in [0.05, 0.1) is 12.6 Å². The standard InChI is InChI=1S/C24H22F4N2O/c1-24(28)6-7-30(12-24)14-4-2-13-3-5-22-16(15(13)8-14)10-21(29)23(31-22)17-9-19(26)20(27)11-18(17)25/h2-5,8-9,11,21,23H,6-7,10,12,29H2,1H3/t21-,23+,24?/m0/s1. The van der Waals surface area contributed by atoms with Crippen molar-refractivity contribution in [2.45, 2.75) is 37.6 Å². The lowest BCUT2D eigenvalue weighted by atomic mass is 9.90. The van der Waals surface area contributed by atoms with E-state index in [1.807, 2.05) is 29.2 Å². The van der Waals surface area contributed by atoms with Gasteiger partial charge in [0.15, 0.2) is 11.6 Å². The van der Waals surface area contributed by atoms with Gasteiger partial charge in [0.2, 0.25) is 0 Å². The number of halogens is 4. The van der Waals surface area contributed by atoms with Crippen molar-refractivity contribution in [2.75, 3.05) is 18.0 Å². The van der Waals surface area contributed by atoms with Crippen LogP contribution in [-0.2, 0) is 6.42 Å². The van der Waals surface area contributed by atoms with Crippen molar-refractivity contribution in [1.29, 1.82) is 0 Å². The van der Waals surface area contributed by atoms with Crippen LogP contribution in [-0.4, -0.2) is 24.8 Å². The normalized spacial score (nSPS) is 25.5. The largest absolute Gasteiger partial charge is 0.484 e. The molecule has 2 aliphatic heterocycles. The highest BCUT2D eigenvalue weighted by molar-refractivity contribution is 5.91. The molecule has 3 aromatic carbocycles. The molecule has 2 heterocycles. The second kappa shape index (κ2) is 7.12. The number of hydrogen-bond acceptors (Lipinski definition) is 3. The Morgan fingerprint density at radius 1 is 1.03 bits per heavy atom. The number of ether oxygens (including phenoxy) is 1. The van der Waals surface area contributed by atoms with Crippen molar-refractivity contribution >= 4 is 16.5 Å². The minimum Gasteiger partial charge on any atom is -0.484 e. The summed E-state index contributed by atoms with van der Waals surface area (Å²) >= 11 is 0. The van der Waals surface area contributed by atoms with Gasteiger partial charge in [-0.15, -0.1) is 0 Å². The summed E-state index contributed by atoms with van der Waals surface area (Å²) in [6, 6.07) is 10.3. The third kappa shape index (κ3) is 3.51. The molecule has 7 heteroatoms. The van der Waals surface area contributed by atoms with Crippen molar-refractivity contribution < 1.29 is 22.3 Å². The molecule has 3 nitrogen and oxygen atoms in total. The Hall–Kier alpha value is -2.80. The van der Waals surface area contributed by atoms with Gasteiger partial charge in [-0.05, 0) is 48.4 Å². The second-order valence-electron chi connectivity index (χ2n) is 8.73. The van der Waals surface area contributed by atoms with Crippen LogP contribution in [0.4, 0.5) is 23.2 Å². The zero-order valence-corrected chi connectivity index (χ0v) is 17.0. The lowest BCUT2D eigenvalue weighted by molar-refractivity contribution is 0.149. The van der Waals surface area contributed by atoms with Crippen LogP contribution >= 0.6 is 0 Å². The quantitative estimate of drug-likeness (QED) is 0.449. The molecule has 0 saturated carbocycles. The van der Waals surface area contributed by atoms with Crippen molar-refractivity contribution in [1.82, 2.24) is 0 Å². The summed E-state index contributed by atoms with van der Waals surface area (Å²) in [6.07, 6.45) is -0.0814. The van der Waals surface area contributed by atoms with E-state index in [0.717, 1.165) is 28.1 Å². The summed E-state index contributed by atoms with van der Waals surface area (Å²) in [4.78, 5) is 2.02. The Morgan fingerprint density at radius 2 is 1.77 bits per heavy atom. The van der Waals surface area contributed by atoms with Crippen molar-refractivity contribution in [3.05, 3.63) is 71.0 Å². The van der Waals surface area contributed by atoms with Crippen LogP contribution < -0.4 is 15.4 Å². The summed E-state index contributed by atoms with van der Waals surface area (Å²) < 4.78 is 61.7. The van der Waals surface area contributed by atoms with Gasteiger partial charge in [0.25, 0.3) is 0 Å². The van der Waals surface area contributed by atoms with Crippen molar-refractivity contribution in [3.63, 3.8) is 0 Å². The Labute approximate surface area is 177 Å². The molecular formula is C24H22F4N2O. The lowest BCUT2D eigenvalue weighted by Crippen LogP contribution is -2.38. The first-order valence-corrected chi connectivity index (χ1v) is 10.3. The summed E-state index contributed by atoms with van der Waals surface area (Å²) in [5, 5.41) is 1.92. The van der Waals surface area contributed by atoms with E-state index in [0.29, 0.717) is 37.7 Å². The molecule has 3 aromatic rings. The van der Waals surface area contributed by atoms with Crippen molar-refractivity contribution in [3.8, 4) is 5.75 Å². The molecule has 0 amide bonds. The minimum absolute atomic E-state index is 0.106. The van der Waals surface area contributed by atoms with Gasteiger partial charge in [-0.1, -0.05) is 12.1 Å². The van der Waals surface area contributed by atoms with Gasteiger partial charge >= 0.3 is 0 Å². The average Bonchev–Trinajstić information content (AvgIpc) is 3.10. The molecule has 1 fully saturated rings. The lowest BCUT2D eigenvalue weighted by Gasteiger charge is -2.33. The predicted molar refractivity (Wildman–Crippen MR) is 112 cm³/mol. The van der Waals surface area contributed by atoms with Crippen LogP contribution in [0.2, 0.25) is 0 Å². The van der Waals surface area contributed by atoms with E-state index in [1.165, 1.54) is 0 Å². The molecule has 31 heavy (non-hydrogen) atoms. The number of nitrogens with zero attached hydrogens (tertiary/aromatic N) is 1. The third-order valence-corrected chi connectivity index (χ3v) is 6.29. The Balaban J connectivity index is 1.53. The molecule has 2 aliphatic rings. The zero-order valence-electron chi connectivity index (χ0n) is 17.0. The summed E-state index contributed by atoms with van der Waals surface area (Å²) in [6.45, 7) is 2.59. The Bertz CT molecular complexity index is 1180. The topological polar surface area (TPSA) is 38.5 Å². The highest BCUT2D eigenvalue weighted by Gasteiger charge is 2.35. The molecule has 0 aliphatic carbocycles. The molecular weight excluding hydrogens is 408 g/mol. The molecule has 1 unspecified atom stereocenters. The van der Waals surface area contributed by atoms with E-state index in [4.69, 9.17) is 10.5 Å². The van der Waals surface area contributed by atoms with Gasteiger partial charge in [-0.25, -0.2) is 17.6 Å². The van der Waals surface area contributed by atoms with Gasteiger partial charge in [-0.2, -0.15) is 0 Å². The summed E-state index contributed by atoms with van der Waals surface area (Å²) in [7, 11) is 0. The van der Waals surface area contributed by atoms with Gasteiger partial charge in [0, 0.05) is 35.8 Å². The highest BCUT2D eigenvalue weighted by atomic mass is 19.2. The van der Waals surface area contributed by atoms with E-state index < -0.39 is 35.3 Å². The van der Waals surface area contributed by atoms with E-state index >= 15 is 0 Å². The van der Waals surface area contributed by atoms with E-state index in [9.17, 15) is 17.6 Å². The van der Waals surface area contributed by atoms with Crippen molar-refractivity contribution in [2.24, 2.45) is 5.73 Å². The SMILES string of the molecule is CC1(F)CCN(c2ccc3ccc4c(c3c2)C[C@H](N)[C@@H](c2cc(F)c(F)cc2F)O4)C1. The van der Waals surface area contributed by atoms with Crippen LogP contribution in [0.15, 0.2) is 42.5 Å². The molecule has 1 saturated heterocycles. The van der Waals surface area contributed by atoms with Gasteiger partial charge in [0.1, 0.15) is 23.3 Å². The van der Waals surface area contributed by atoms with Crippen LogP contribution in [0.1, 0.15) is 30.6 Å². The Kier molecular flexibility index (Phi) is 4.62. The molecule has 2 N–H and O–H groups in total. The smallest absolute Gasteiger partial charge is 0.161 e. The fourth-order valence-corrected chi connectivity index (χ4v) is 4.63.